The lowest BCUT2D eigenvalue weighted by molar-refractivity contribution is 0.0995. The van der Waals surface area contributed by atoms with Crippen molar-refractivity contribution in [3.05, 3.63) is 35.8 Å². The van der Waals surface area contributed by atoms with Crippen LogP contribution < -0.4 is 4.74 Å². The van der Waals surface area contributed by atoms with E-state index in [1.807, 2.05) is 32.9 Å². The summed E-state index contributed by atoms with van der Waals surface area (Å²) in [5, 5.41) is 8.08. The molecule has 1 aromatic carbocycles. The first-order valence-electron chi connectivity index (χ1n) is 5.56. The van der Waals surface area contributed by atoms with Crippen molar-refractivity contribution in [2.75, 3.05) is 0 Å². The van der Waals surface area contributed by atoms with E-state index in [-0.39, 0.29) is 0 Å². The van der Waals surface area contributed by atoms with Crippen molar-refractivity contribution >= 4 is 0 Å². The summed E-state index contributed by atoms with van der Waals surface area (Å²) in [6.07, 6.45) is 1.46. The minimum Gasteiger partial charge on any atom is -0.481 e. The summed E-state index contributed by atoms with van der Waals surface area (Å²) in [5.41, 5.74) is 3.34. The van der Waals surface area contributed by atoms with E-state index < -0.39 is 5.60 Å². The second kappa shape index (κ2) is 3.26. The largest absolute Gasteiger partial charge is 0.481 e. The van der Waals surface area contributed by atoms with E-state index in [1.54, 1.807) is 0 Å². The zero-order valence-corrected chi connectivity index (χ0v) is 10.1. The highest BCUT2D eigenvalue weighted by molar-refractivity contribution is 5.72. The van der Waals surface area contributed by atoms with Crippen LogP contribution in [0.1, 0.15) is 25.1 Å². The van der Waals surface area contributed by atoms with Crippen LogP contribution in [0.3, 0.4) is 0 Å². The Bertz CT molecular complexity index is 593. The lowest BCUT2D eigenvalue weighted by Crippen LogP contribution is -2.31. The van der Waals surface area contributed by atoms with Gasteiger partial charge in [0.05, 0.1) is 0 Å². The Morgan fingerprint density at radius 3 is 2.88 bits per heavy atom. The molecule has 1 aliphatic rings. The summed E-state index contributed by atoms with van der Waals surface area (Å²) in [5.74, 6) is 0.843. The Morgan fingerprint density at radius 2 is 2.06 bits per heavy atom. The maximum atomic E-state index is 5.97. The van der Waals surface area contributed by atoms with E-state index in [1.165, 1.54) is 11.9 Å². The molecule has 17 heavy (non-hydrogen) atoms. The highest BCUT2D eigenvalue weighted by Gasteiger charge is 2.35. The summed E-state index contributed by atoms with van der Waals surface area (Å²) < 4.78 is 5.97. The molecule has 86 valence electrons. The molecule has 1 aromatic heterocycles. The van der Waals surface area contributed by atoms with Gasteiger partial charge >= 0.3 is 0 Å². The predicted molar refractivity (Wildman–Crippen MR) is 63.7 cm³/mol. The molecule has 0 aliphatic carbocycles. The third-order valence-corrected chi connectivity index (χ3v) is 2.95. The molecule has 2 aromatic rings. The Morgan fingerprint density at radius 1 is 1.24 bits per heavy atom. The fraction of sp³-hybridized carbons (Fsp3) is 0.308. The van der Waals surface area contributed by atoms with Crippen molar-refractivity contribution in [3.63, 3.8) is 0 Å². The second-order valence-corrected chi connectivity index (χ2v) is 4.77. The number of nitrogens with zero attached hydrogens (tertiary/aromatic N) is 3. The van der Waals surface area contributed by atoms with Gasteiger partial charge in [0.25, 0.3) is 0 Å². The number of aryl methyl sites for hydroxylation is 1. The Kier molecular flexibility index (Phi) is 1.96. The predicted octanol–water partition coefficient (Wildman–Crippen LogP) is 2.47. The number of hydrogen-bond donors (Lipinski definition) is 0. The molecule has 0 spiro atoms. The molecule has 3 rings (SSSR count). The van der Waals surface area contributed by atoms with Crippen LogP contribution in [0.25, 0.3) is 11.3 Å². The summed E-state index contributed by atoms with van der Waals surface area (Å²) in [6, 6.07) is 6.06. The Balaban J connectivity index is 2.33. The van der Waals surface area contributed by atoms with Gasteiger partial charge in [0.2, 0.25) is 0 Å². The van der Waals surface area contributed by atoms with E-state index in [9.17, 15) is 0 Å². The molecular weight excluding hydrogens is 214 g/mol. The van der Waals surface area contributed by atoms with Crippen molar-refractivity contribution < 1.29 is 4.74 Å². The van der Waals surface area contributed by atoms with Crippen LogP contribution in [0.2, 0.25) is 0 Å². The molecule has 0 amide bonds. The lowest BCUT2D eigenvalue weighted by Gasteiger charge is -2.32. The van der Waals surface area contributed by atoms with Crippen molar-refractivity contribution in [1.29, 1.82) is 0 Å². The van der Waals surface area contributed by atoms with Crippen LogP contribution in [-0.4, -0.2) is 15.2 Å². The SMILES string of the molecule is Cc1ccc2c(c1)-c1nncnc1C(C)(C)O2. The zero-order chi connectivity index (χ0) is 12.0. The van der Waals surface area contributed by atoms with Gasteiger partial charge in [0, 0.05) is 5.56 Å². The van der Waals surface area contributed by atoms with Gasteiger partial charge in [0.1, 0.15) is 29.1 Å². The fourth-order valence-electron chi connectivity index (χ4n) is 2.14. The Labute approximate surface area is 99.7 Å². The van der Waals surface area contributed by atoms with Gasteiger partial charge in [-0.2, -0.15) is 0 Å². The van der Waals surface area contributed by atoms with Crippen LogP contribution in [0.4, 0.5) is 0 Å². The first-order chi connectivity index (χ1) is 8.08. The first kappa shape index (κ1) is 10.2. The van der Waals surface area contributed by atoms with Crippen molar-refractivity contribution in [2.24, 2.45) is 0 Å². The quantitative estimate of drug-likeness (QED) is 0.693. The minimum atomic E-state index is -0.465. The third-order valence-electron chi connectivity index (χ3n) is 2.95. The van der Waals surface area contributed by atoms with Crippen molar-refractivity contribution in [2.45, 2.75) is 26.4 Å². The minimum absolute atomic E-state index is 0.465. The van der Waals surface area contributed by atoms with Gasteiger partial charge in [-0.3, -0.25) is 0 Å². The van der Waals surface area contributed by atoms with Crippen LogP contribution in [0.5, 0.6) is 5.75 Å². The average Bonchev–Trinajstić information content (AvgIpc) is 2.30. The molecule has 0 unspecified atom stereocenters. The van der Waals surface area contributed by atoms with E-state index in [0.29, 0.717) is 0 Å². The molecule has 4 heteroatoms. The third kappa shape index (κ3) is 1.48. The van der Waals surface area contributed by atoms with Crippen molar-refractivity contribution in [1.82, 2.24) is 15.2 Å². The number of aromatic nitrogens is 3. The van der Waals surface area contributed by atoms with E-state index in [4.69, 9.17) is 4.74 Å². The first-order valence-corrected chi connectivity index (χ1v) is 5.56. The second-order valence-electron chi connectivity index (χ2n) is 4.77. The van der Waals surface area contributed by atoms with E-state index in [0.717, 1.165) is 22.7 Å². The maximum absolute atomic E-state index is 5.97. The van der Waals surface area contributed by atoms with Gasteiger partial charge in [-0.25, -0.2) is 4.98 Å². The molecule has 0 saturated heterocycles. The molecule has 2 heterocycles. The molecule has 0 saturated carbocycles. The van der Waals surface area contributed by atoms with Gasteiger partial charge in [-0.05, 0) is 32.9 Å². The highest BCUT2D eigenvalue weighted by Crippen LogP contribution is 2.42. The highest BCUT2D eigenvalue weighted by atomic mass is 16.5. The molecule has 4 nitrogen and oxygen atoms in total. The van der Waals surface area contributed by atoms with Crippen molar-refractivity contribution in [3.8, 4) is 17.0 Å². The molecular formula is C13H13N3O. The van der Waals surface area contributed by atoms with Gasteiger partial charge < -0.3 is 4.74 Å². The number of benzene rings is 1. The van der Waals surface area contributed by atoms with Crippen LogP contribution in [0, 0.1) is 6.92 Å². The van der Waals surface area contributed by atoms with E-state index >= 15 is 0 Å². The normalized spacial score (nSPS) is 15.7. The van der Waals surface area contributed by atoms with Crippen LogP contribution in [-0.2, 0) is 5.60 Å². The van der Waals surface area contributed by atoms with Crippen LogP contribution >= 0.6 is 0 Å². The molecule has 0 atom stereocenters. The molecule has 0 fully saturated rings. The molecule has 1 aliphatic heterocycles. The average molecular weight is 227 g/mol. The standard InChI is InChI=1S/C13H13N3O/c1-8-4-5-10-9(6-8)11-12(13(2,3)17-10)14-7-15-16-11/h4-7H,1-3H3. The number of fused-ring (bicyclic) bond motifs is 3. The summed E-state index contributed by atoms with van der Waals surface area (Å²) in [4.78, 5) is 4.30. The summed E-state index contributed by atoms with van der Waals surface area (Å²) >= 11 is 0. The number of rotatable bonds is 0. The zero-order valence-electron chi connectivity index (χ0n) is 10.1. The number of ether oxygens (including phenoxy) is 1. The Hall–Kier alpha value is -1.97. The number of hydrogen-bond acceptors (Lipinski definition) is 4. The van der Waals surface area contributed by atoms with Gasteiger partial charge in [-0.1, -0.05) is 11.6 Å². The molecule has 0 radical (unpaired) electrons. The van der Waals surface area contributed by atoms with Gasteiger partial charge in [0.15, 0.2) is 0 Å². The smallest absolute Gasteiger partial charge is 0.147 e. The van der Waals surface area contributed by atoms with E-state index in [2.05, 4.69) is 21.2 Å². The fourth-order valence-corrected chi connectivity index (χ4v) is 2.14. The topological polar surface area (TPSA) is 47.9 Å². The summed E-state index contributed by atoms with van der Waals surface area (Å²) in [7, 11) is 0. The lowest BCUT2D eigenvalue weighted by atomic mass is 9.94. The molecule has 0 bridgehead atoms. The summed E-state index contributed by atoms with van der Waals surface area (Å²) in [6.45, 7) is 6.02. The van der Waals surface area contributed by atoms with Gasteiger partial charge in [-0.15, -0.1) is 10.2 Å². The maximum Gasteiger partial charge on any atom is 0.147 e. The van der Waals surface area contributed by atoms with Crippen LogP contribution in [0.15, 0.2) is 24.5 Å². The molecule has 0 N–H and O–H groups in total. The monoisotopic (exact) mass is 227 g/mol.